The Balaban J connectivity index is 2.36. The van der Waals surface area contributed by atoms with Crippen molar-refractivity contribution in [3.8, 4) is 0 Å². The van der Waals surface area contributed by atoms with E-state index in [1.807, 2.05) is 19.9 Å². The third-order valence-corrected chi connectivity index (χ3v) is 3.94. The molecule has 0 spiro atoms. The van der Waals surface area contributed by atoms with E-state index in [2.05, 4.69) is 15.3 Å². The Hall–Kier alpha value is -1.33. The predicted octanol–water partition coefficient (Wildman–Crippen LogP) is 3.68. The van der Waals surface area contributed by atoms with Gasteiger partial charge >= 0.3 is 0 Å². The number of hydrogen-bond donors (Lipinski definition) is 2. The van der Waals surface area contributed by atoms with Crippen LogP contribution >= 0.6 is 11.8 Å². The molecule has 0 saturated carbocycles. The molecule has 19 heavy (non-hydrogen) atoms. The molecule has 0 aliphatic heterocycles. The predicted molar refractivity (Wildman–Crippen MR) is 75.9 cm³/mol. The van der Waals surface area contributed by atoms with Crippen LogP contribution in [0.1, 0.15) is 31.0 Å². The van der Waals surface area contributed by atoms with Crippen molar-refractivity contribution < 1.29 is 4.39 Å². The number of rotatable bonds is 5. The summed E-state index contributed by atoms with van der Waals surface area (Å²) in [6.45, 7) is 6.71. The van der Waals surface area contributed by atoms with Gasteiger partial charge in [-0.15, -0.1) is 0 Å². The zero-order chi connectivity index (χ0) is 13.8. The van der Waals surface area contributed by atoms with E-state index < -0.39 is 0 Å². The van der Waals surface area contributed by atoms with Gasteiger partial charge in [0.2, 0.25) is 0 Å². The highest BCUT2D eigenvalue weighted by Gasteiger charge is 2.14. The zero-order valence-electron chi connectivity index (χ0n) is 11.3. The molecule has 3 nitrogen and oxygen atoms in total. The molecule has 1 aromatic carbocycles. The van der Waals surface area contributed by atoms with Gasteiger partial charge in [0.25, 0.3) is 0 Å². The maximum atomic E-state index is 13.8. The van der Waals surface area contributed by atoms with Crippen LogP contribution in [0.2, 0.25) is 0 Å². The number of imidazole rings is 1. The summed E-state index contributed by atoms with van der Waals surface area (Å²) in [6, 6.07) is 3.61. The van der Waals surface area contributed by atoms with E-state index in [1.165, 1.54) is 11.8 Å². The van der Waals surface area contributed by atoms with Crippen LogP contribution in [0.3, 0.4) is 0 Å². The van der Waals surface area contributed by atoms with Gasteiger partial charge < -0.3 is 10.3 Å². The van der Waals surface area contributed by atoms with E-state index in [4.69, 9.17) is 0 Å². The van der Waals surface area contributed by atoms with E-state index >= 15 is 0 Å². The van der Waals surface area contributed by atoms with E-state index in [-0.39, 0.29) is 11.9 Å². The molecule has 0 amide bonds. The number of halogens is 1. The van der Waals surface area contributed by atoms with Crippen molar-refractivity contribution in [1.82, 2.24) is 15.3 Å². The first kappa shape index (κ1) is 14.1. The summed E-state index contributed by atoms with van der Waals surface area (Å²) in [5, 5.41) is 4.13. The lowest BCUT2D eigenvalue weighted by atomic mass is 10.1. The van der Waals surface area contributed by atoms with Crippen LogP contribution in [0, 0.1) is 12.7 Å². The molecule has 102 valence electrons. The molecule has 5 heteroatoms. The molecule has 0 bridgehead atoms. The molecular formula is C14H18FN3S. The number of aromatic nitrogens is 2. The number of hydrogen-bond acceptors (Lipinski definition) is 3. The van der Waals surface area contributed by atoms with Gasteiger partial charge in [-0.1, -0.05) is 18.7 Å². The van der Waals surface area contributed by atoms with Crippen molar-refractivity contribution in [2.45, 2.75) is 36.9 Å². The fourth-order valence-corrected chi connectivity index (χ4v) is 2.96. The largest absolute Gasteiger partial charge is 0.339 e. The molecule has 1 aromatic heterocycles. The second kappa shape index (κ2) is 6.21. The molecule has 0 aliphatic rings. The van der Waals surface area contributed by atoms with Crippen LogP contribution in [0.15, 0.2) is 34.6 Å². The topological polar surface area (TPSA) is 40.7 Å². The average Bonchev–Trinajstić information content (AvgIpc) is 2.86. The number of nitrogens with one attached hydrogen (secondary N) is 2. The molecule has 2 aromatic rings. The van der Waals surface area contributed by atoms with E-state index in [0.29, 0.717) is 5.56 Å². The third kappa shape index (κ3) is 3.36. The molecular weight excluding hydrogens is 261 g/mol. The first-order valence-electron chi connectivity index (χ1n) is 6.32. The lowest BCUT2D eigenvalue weighted by molar-refractivity contribution is 0.571. The average molecular weight is 279 g/mol. The number of aryl methyl sites for hydroxylation is 1. The van der Waals surface area contributed by atoms with Crippen molar-refractivity contribution in [2.75, 3.05) is 6.54 Å². The van der Waals surface area contributed by atoms with Crippen LogP contribution in [-0.2, 0) is 0 Å². The van der Waals surface area contributed by atoms with E-state index in [0.717, 1.165) is 22.2 Å². The Morgan fingerprint density at radius 2 is 2.26 bits per heavy atom. The Bertz CT molecular complexity index is 540. The van der Waals surface area contributed by atoms with Crippen LogP contribution in [0.25, 0.3) is 0 Å². The first-order valence-corrected chi connectivity index (χ1v) is 7.14. The van der Waals surface area contributed by atoms with Crippen LogP contribution in [0.4, 0.5) is 4.39 Å². The Morgan fingerprint density at radius 1 is 1.47 bits per heavy atom. The summed E-state index contributed by atoms with van der Waals surface area (Å²) in [5.41, 5.74) is 1.62. The standard InChI is InChI=1S/C14H18FN3S/c1-4-16-10(3)11-8-12(15)9(2)7-13(11)19-14-17-5-6-18-14/h5-8,10,16H,4H2,1-3H3,(H,17,18). The van der Waals surface area contributed by atoms with Crippen LogP contribution in [-0.4, -0.2) is 16.5 Å². The van der Waals surface area contributed by atoms with Gasteiger partial charge in [-0.05, 0) is 43.7 Å². The SMILES string of the molecule is CCNC(C)c1cc(F)c(C)cc1Sc1ncc[nH]1. The molecule has 1 heterocycles. The van der Waals surface area contributed by atoms with Crippen molar-refractivity contribution >= 4 is 11.8 Å². The molecule has 2 rings (SSSR count). The lowest BCUT2D eigenvalue weighted by Gasteiger charge is -2.17. The summed E-state index contributed by atoms with van der Waals surface area (Å²) in [7, 11) is 0. The molecule has 1 atom stereocenters. The molecule has 0 saturated heterocycles. The normalized spacial score (nSPS) is 12.6. The minimum atomic E-state index is -0.163. The van der Waals surface area contributed by atoms with E-state index in [1.54, 1.807) is 25.4 Å². The summed E-state index contributed by atoms with van der Waals surface area (Å²) in [5.74, 6) is -0.163. The van der Waals surface area contributed by atoms with Gasteiger partial charge in [0, 0.05) is 23.3 Å². The fourth-order valence-electron chi connectivity index (χ4n) is 1.92. The minimum Gasteiger partial charge on any atom is -0.339 e. The van der Waals surface area contributed by atoms with Crippen molar-refractivity contribution in [3.05, 3.63) is 41.5 Å². The quantitative estimate of drug-likeness (QED) is 0.877. The smallest absolute Gasteiger partial charge is 0.170 e. The highest BCUT2D eigenvalue weighted by molar-refractivity contribution is 7.99. The van der Waals surface area contributed by atoms with Gasteiger partial charge in [-0.25, -0.2) is 9.37 Å². The monoisotopic (exact) mass is 279 g/mol. The fraction of sp³-hybridized carbons (Fsp3) is 0.357. The van der Waals surface area contributed by atoms with Crippen LogP contribution < -0.4 is 5.32 Å². The molecule has 0 fully saturated rings. The Kier molecular flexibility index (Phi) is 4.61. The number of nitrogens with zero attached hydrogens (tertiary/aromatic N) is 1. The lowest BCUT2D eigenvalue weighted by Crippen LogP contribution is -2.18. The molecule has 0 radical (unpaired) electrons. The highest BCUT2D eigenvalue weighted by Crippen LogP contribution is 2.33. The second-order valence-corrected chi connectivity index (χ2v) is 5.45. The van der Waals surface area contributed by atoms with Gasteiger partial charge in [0.15, 0.2) is 5.16 Å². The minimum absolute atomic E-state index is 0.109. The highest BCUT2D eigenvalue weighted by atomic mass is 32.2. The van der Waals surface area contributed by atoms with E-state index in [9.17, 15) is 4.39 Å². The van der Waals surface area contributed by atoms with Gasteiger partial charge in [0.05, 0.1) is 0 Å². The maximum Gasteiger partial charge on any atom is 0.170 e. The summed E-state index contributed by atoms with van der Waals surface area (Å²) in [4.78, 5) is 8.29. The van der Waals surface area contributed by atoms with Crippen molar-refractivity contribution in [2.24, 2.45) is 0 Å². The van der Waals surface area contributed by atoms with Gasteiger partial charge in [0.1, 0.15) is 5.82 Å². The van der Waals surface area contributed by atoms with Crippen LogP contribution in [0.5, 0.6) is 0 Å². The summed E-state index contributed by atoms with van der Waals surface area (Å²) >= 11 is 1.52. The third-order valence-electron chi connectivity index (χ3n) is 2.95. The Labute approximate surface area is 117 Å². The number of aromatic amines is 1. The second-order valence-electron chi connectivity index (χ2n) is 4.41. The Morgan fingerprint density at radius 3 is 2.89 bits per heavy atom. The first-order chi connectivity index (χ1) is 9.11. The molecule has 1 unspecified atom stereocenters. The van der Waals surface area contributed by atoms with Crippen molar-refractivity contribution in [1.29, 1.82) is 0 Å². The summed E-state index contributed by atoms with van der Waals surface area (Å²) in [6.07, 6.45) is 3.50. The zero-order valence-corrected chi connectivity index (χ0v) is 12.1. The molecule has 2 N–H and O–H groups in total. The number of benzene rings is 1. The maximum absolute atomic E-state index is 13.8. The molecule has 0 aliphatic carbocycles. The van der Waals surface area contributed by atoms with Crippen molar-refractivity contribution in [3.63, 3.8) is 0 Å². The van der Waals surface area contributed by atoms with Gasteiger partial charge in [-0.2, -0.15) is 0 Å². The van der Waals surface area contributed by atoms with Gasteiger partial charge in [-0.3, -0.25) is 0 Å². The number of H-pyrrole nitrogens is 1. The summed E-state index contributed by atoms with van der Waals surface area (Å²) < 4.78 is 13.8.